The van der Waals surface area contributed by atoms with Crippen LogP contribution in [-0.2, 0) is 20.6 Å². The fraction of sp³-hybridized carbons (Fsp3) is 0.500. The first-order valence-corrected chi connectivity index (χ1v) is 8.68. The van der Waals surface area contributed by atoms with Crippen molar-refractivity contribution < 1.29 is 27.6 Å². The van der Waals surface area contributed by atoms with Crippen molar-refractivity contribution in [2.45, 2.75) is 19.5 Å². The van der Waals surface area contributed by atoms with Crippen LogP contribution in [-0.4, -0.2) is 60.2 Å². The zero-order valence-electron chi connectivity index (χ0n) is 14.8. The van der Waals surface area contributed by atoms with Crippen molar-refractivity contribution >= 4 is 23.4 Å². The van der Waals surface area contributed by atoms with Gasteiger partial charge in [0.1, 0.15) is 0 Å². The maximum Gasteiger partial charge on any atom is 0.416 e. The molecule has 27 heavy (non-hydrogen) atoms. The molecule has 0 bridgehead atoms. The summed E-state index contributed by atoms with van der Waals surface area (Å²) >= 11 is 0. The number of benzene rings is 1. The molecule has 2 aliphatic heterocycles. The van der Waals surface area contributed by atoms with Crippen molar-refractivity contribution in [1.82, 2.24) is 9.80 Å². The van der Waals surface area contributed by atoms with Crippen molar-refractivity contribution in [1.29, 1.82) is 0 Å². The van der Waals surface area contributed by atoms with E-state index in [1.807, 2.05) is 0 Å². The summed E-state index contributed by atoms with van der Waals surface area (Å²) in [4.78, 5) is 40.9. The Kier molecular flexibility index (Phi) is 5.12. The SMILES string of the molecule is CC(=O)N1CCN(C(=O)[C@H]2CC(=O)N(c3cccc(C(F)(F)F)c3)C2)CC1. The van der Waals surface area contributed by atoms with Gasteiger partial charge in [-0.1, -0.05) is 6.07 Å². The molecule has 0 radical (unpaired) electrons. The van der Waals surface area contributed by atoms with Crippen LogP contribution in [0, 0.1) is 5.92 Å². The van der Waals surface area contributed by atoms with Crippen LogP contribution in [0.4, 0.5) is 18.9 Å². The van der Waals surface area contributed by atoms with Gasteiger partial charge >= 0.3 is 6.18 Å². The lowest BCUT2D eigenvalue weighted by atomic mass is 10.1. The first-order chi connectivity index (χ1) is 12.7. The van der Waals surface area contributed by atoms with Gasteiger partial charge in [-0.3, -0.25) is 14.4 Å². The Morgan fingerprint density at radius 3 is 2.30 bits per heavy atom. The Bertz CT molecular complexity index is 758. The smallest absolute Gasteiger partial charge is 0.339 e. The van der Waals surface area contributed by atoms with Crippen molar-refractivity contribution in [3.05, 3.63) is 29.8 Å². The Balaban J connectivity index is 1.67. The highest BCUT2D eigenvalue weighted by Crippen LogP contribution is 2.33. The van der Waals surface area contributed by atoms with E-state index < -0.39 is 17.7 Å². The van der Waals surface area contributed by atoms with Crippen LogP contribution in [0.5, 0.6) is 0 Å². The van der Waals surface area contributed by atoms with Gasteiger partial charge in [-0.25, -0.2) is 0 Å². The standard InChI is InChI=1S/C18H20F3N3O3/c1-12(25)22-5-7-23(8-6-22)17(27)13-9-16(26)24(11-13)15-4-2-3-14(10-15)18(19,20)21/h2-4,10,13H,5-9,11H2,1H3/t13-/m0/s1. The van der Waals surface area contributed by atoms with E-state index in [0.29, 0.717) is 26.2 Å². The summed E-state index contributed by atoms with van der Waals surface area (Å²) < 4.78 is 38.7. The fourth-order valence-corrected chi connectivity index (χ4v) is 3.47. The van der Waals surface area contributed by atoms with Gasteiger partial charge in [0.2, 0.25) is 17.7 Å². The van der Waals surface area contributed by atoms with Gasteiger partial charge in [-0.05, 0) is 18.2 Å². The van der Waals surface area contributed by atoms with Crippen LogP contribution < -0.4 is 4.90 Å². The summed E-state index contributed by atoms with van der Waals surface area (Å²) in [5.41, 5.74) is -0.686. The number of rotatable bonds is 2. The van der Waals surface area contributed by atoms with E-state index in [1.165, 1.54) is 24.0 Å². The van der Waals surface area contributed by atoms with Gasteiger partial charge in [0.05, 0.1) is 11.5 Å². The number of hydrogen-bond donors (Lipinski definition) is 0. The first kappa shape index (κ1) is 19.2. The van der Waals surface area contributed by atoms with Gasteiger partial charge in [-0.15, -0.1) is 0 Å². The molecule has 1 atom stereocenters. The lowest BCUT2D eigenvalue weighted by molar-refractivity contribution is -0.141. The summed E-state index contributed by atoms with van der Waals surface area (Å²) in [5, 5.41) is 0. The highest BCUT2D eigenvalue weighted by Gasteiger charge is 2.39. The Labute approximate surface area is 154 Å². The second-order valence-corrected chi connectivity index (χ2v) is 6.78. The Hall–Kier alpha value is -2.58. The summed E-state index contributed by atoms with van der Waals surface area (Å²) in [5.74, 6) is -1.19. The van der Waals surface area contributed by atoms with E-state index in [4.69, 9.17) is 0 Å². The van der Waals surface area contributed by atoms with Crippen LogP contribution in [0.3, 0.4) is 0 Å². The zero-order valence-corrected chi connectivity index (χ0v) is 14.8. The first-order valence-electron chi connectivity index (χ1n) is 8.68. The second kappa shape index (κ2) is 7.21. The number of halogens is 3. The Morgan fingerprint density at radius 1 is 1.07 bits per heavy atom. The molecule has 6 nitrogen and oxygen atoms in total. The molecule has 1 aromatic rings. The minimum Gasteiger partial charge on any atom is -0.339 e. The summed E-state index contributed by atoms with van der Waals surface area (Å²) in [7, 11) is 0. The lowest BCUT2D eigenvalue weighted by Crippen LogP contribution is -2.51. The highest BCUT2D eigenvalue weighted by atomic mass is 19.4. The van der Waals surface area contributed by atoms with Crippen LogP contribution >= 0.6 is 0 Å². The number of amides is 3. The number of nitrogens with zero attached hydrogens (tertiary/aromatic N) is 3. The van der Waals surface area contributed by atoms with Crippen LogP contribution in [0.2, 0.25) is 0 Å². The van der Waals surface area contributed by atoms with E-state index >= 15 is 0 Å². The minimum absolute atomic E-state index is 0.0258. The molecule has 9 heteroatoms. The fourth-order valence-electron chi connectivity index (χ4n) is 3.47. The zero-order chi connectivity index (χ0) is 19.8. The molecule has 0 aliphatic carbocycles. The number of hydrogen-bond acceptors (Lipinski definition) is 3. The van der Waals surface area contributed by atoms with Crippen LogP contribution in [0.25, 0.3) is 0 Å². The summed E-state index contributed by atoms with van der Waals surface area (Å²) in [6.07, 6.45) is -4.52. The molecule has 0 aromatic heterocycles. The third kappa shape index (κ3) is 4.06. The van der Waals surface area contributed by atoms with Crippen molar-refractivity contribution in [2.24, 2.45) is 5.92 Å². The molecule has 0 N–H and O–H groups in total. The molecule has 0 spiro atoms. The highest BCUT2D eigenvalue weighted by molar-refractivity contribution is 6.00. The number of piperazine rings is 1. The third-order valence-corrected chi connectivity index (χ3v) is 5.00. The predicted octanol–water partition coefficient (Wildman–Crippen LogP) is 1.75. The monoisotopic (exact) mass is 383 g/mol. The van der Waals surface area contributed by atoms with E-state index in [2.05, 4.69) is 0 Å². The summed E-state index contributed by atoms with van der Waals surface area (Å²) in [6, 6.07) is 4.56. The average Bonchev–Trinajstić information content (AvgIpc) is 3.02. The van der Waals surface area contributed by atoms with Crippen molar-refractivity contribution in [2.75, 3.05) is 37.6 Å². The van der Waals surface area contributed by atoms with Gasteiger partial charge in [0.15, 0.2) is 0 Å². The average molecular weight is 383 g/mol. The Morgan fingerprint density at radius 2 is 1.70 bits per heavy atom. The number of anilines is 1. The molecule has 2 heterocycles. The molecular formula is C18H20F3N3O3. The maximum absolute atomic E-state index is 12.9. The van der Waals surface area contributed by atoms with Crippen molar-refractivity contribution in [3.8, 4) is 0 Å². The quantitative estimate of drug-likeness (QED) is 0.782. The second-order valence-electron chi connectivity index (χ2n) is 6.78. The molecule has 0 unspecified atom stereocenters. The third-order valence-electron chi connectivity index (χ3n) is 5.00. The molecule has 2 aliphatic rings. The molecule has 2 fully saturated rings. The van der Waals surface area contributed by atoms with E-state index in [0.717, 1.165) is 12.1 Å². The number of carbonyl (C=O) groups is 3. The number of alkyl halides is 3. The molecule has 2 saturated heterocycles. The number of carbonyl (C=O) groups excluding carboxylic acids is 3. The van der Waals surface area contributed by atoms with Gasteiger partial charge in [0.25, 0.3) is 0 Å². The van der Waals surface area contributed by atoms with Crippen LogP contribution in [0.15, 0.2) is 24.3 Å². The molecule has 3 amide bonds. The lowest BCUT2D eigenvalue weighted by Gasteiger charge is -2.35. The van der Waals surface area contributed by atoms with Gasteiger partial charge in [-0.2, -0.15) is 13.2 Å². The topological polar surface area (TPSA) is 60.9 Å². The maximum atomic E-state index is 12.9. The molecule has 3 rings (SSSR count). The van der Waals surface area contributed by atoms with Crippen molar-refractivity contribution in [3.63, 3.8) is 0 Å². The molecule has 1 aromatic carbocycles. The van der Waals surface area contributed by atoms with E-state index in [-0.39, 0.29) is 36.4 Å². The van der Waals surface area contributed by atoms with Crippen LogP contribution in [0.1, 0.15) is 18.9 Å². The molecule has 0 saturated carbocycles. The van der Waals surface area contributed by atoms with Gasteiger partial charge < -0.3 is 14.7 Å². The normalized spacial score (nSPS) is 21.0. The van der Waals surface area contributed by atoms with E-state index in [9.17, 15) is 27.6 Å². The molecular weight excluding hydrogens is 363 g/mol. The molecule has 146 valence electrons. The van der Waals surface area contributed by atoms with Gasteiger partial charge in [0, 0.05) is 51.8 Å². The minimum atomic E-state index is -4.50. The summed E-state index contributed by atoms with van der Waals surface area (Å²) in [6.45, 7) is 3.21. The largest absolute Gasteiger partial charge is 0.416 e. The predicted molar refractivity (Wildman–Crippen MR) is 90.7 cm³/mol. The van der Waals surface area contributed by atoms with E-state index in [1.54, 1.807) is 9.80 Å².